The summed E-state index contributed by atoms with van der Waals surface area (Å²) in [6.45, 7) is 0. The Morgan fingerprint density at radius 1 is 1.00 bits per heavy atom. The number of H-pyrrole nitrogens is 1. The molecule has 0 saturated heterocycles. The van der Waals surface area contributed by atoms with Crippen molar-refractivity contribution >= 4 is 23.9 Å². The fourth-order valence-electron chi connectivity index (χ4n) is 3.24. The van der Waals surface area contributed by atoms with E-state index in [1.54, 1.807) is 30.1 Å². The lowest BCUT2D eigenvalue weighted by Crippen LogP contribution is -2.16. The Morgan fingerprint density at radius 3 is 2.44 bits per heavy atom. The number of nitriles is 1. The van der Waals surface area contributed by atoms with Gasteiger partial charge in [-0.2, -0.15) is 10.4 Å². The molecule has 0 aliphatic rings. The van der Waals surface area contributed by atoms with Crippen LogP contribution in [0.1, 0.15) is 11.1 Å². The minimum Gasteiger partial charge on any atom is -0.290 e. The molecule has 4 aromatic rings. The molecule has 0 saturated carbocycles. The van der Waals surface area contributed by atoms with E-state index < -0.39 is 5.56 Å². The Bertz CT molecular complexity index is 1360. The Kier molecular flexibility index (Phi) is 6.44. The average Bonchev–Trinajstić information content (AvgIpc) is 2.84. The number of nitrogens with zero attached hydrogens (tertiary/aromatic N) is 3. The maximum Gasteiger partial charge on any atom is 0.270 e. The van der Waals surface area contributed by atoms with Crippen LogP contribution in [0.25, 0.3) is 22.4 Å². The van der Waals surface area contributed by atoms with Crippen molar-refractivity contribution in [3.05, 3.63) is 100 Å². The van der Waals surface area contributed by atoms with E-state index in [1.165, 1.54) is 4.90 Å². The van der Waals surface area contributed by atoms with E-state index in [-0.39, 0.29) is 11.5 Å². The lowest BCUT2D eigenvalue weighted by Gasteiger charge is -2.08. The van der Waals surface area contributed by atoms with Crippen LogP contribution < -0.4 is 11.0 Å². The number of thioether (sulfide) groups is 1. The highest BCUT2D eigenvalue weighted by Gasteiger charge is 2.13. The van der Waals surface area contributed by atoms with Crippen molar-refractivity contribution in [3.8, 4) is 28.5 Å². The fraction of sp³-hybridized carbons (Fsp3) is 0.0400. The molecule has 156 valence electrons. The van der Waals surface area contributed by atoms with Crippen molar-refractivity contribution in [2.75, 3.05) is 11.7 Å². The quantitative estimate of drug-likeness (QED) is 0.247. The van der Waals surface area contributed by atoms with Crippen molar-refractivity contribution in [1.82, 2.24) is 9.97 Å². The van der Waals surface area contributed by atoms with Crippen LogP contribution in [0.2, 0.25) is 0 Å². The zero-order valence-corrected chi connectivity index (χ0v) is 18.1. The molecule has 7 heteroatoms. The Balaban J connectivity index is 1.62. The topological polar surface area (TPSA) is 93.9 Å². The first-order valence-corrected chi connectivity index (χ1v) is 11.0. The molecule has 0 amide bonds. The number of hydrogen-bond acceptors (Lipinski definition) is 6. The zero-order chi connectivity index (χ0) is 22.3. The van der Waals surface area contributed by atoms with E-state index in [9.17, 15) is 10.1 Å². The number of benzene rings is 3. The molecule has 0 atom stereocenters. The summed E-state index contributed by atoms with van der Waals surface area (Å²) in [5.41, 5.74) is 6.25. The lowest BCUT2D eigenvalue weighted by molar-refractivity contribution is 1.08. The summed E-state index contributed by atoms with van der Waals surface area (Å²) in [6.07, 6.45) is 3.73. The highest BCUT2D eigenvalue weighted by molar-refractivity contribution is 7.98. The van der Waals surface area contributed by atoms with Gasteiger partial charge in [0.1, 0.15) is 11.6 Å². The molecule has 3 aromatic carbocycles. The molecule has 32 heavy (non-hydrogen) atoms. The Labute approximate surface area is 189 Å². The molecule has 4 rings (SSSR count). The number of anilines is 1. The minimum atomic E-state index is -0.520. The van der Waals surface area contributed by atoms with Gasteiger partial charge in [-0.15, -0.1) is 11.8 Å². The molecular formula is C25H19N5OS. The van der Waals surface area contributed by atoms with Crippen LogP contribution in [0, 0.1) is 11.3 Å². The number of aromatic nitrogens is 2. The number of hydrogen-bond donors (Lipinski definition) is 2. The number of rotatable bonds is 6. The molecule has 1 heterocycles. The molecule has 0 radical (unpaired) electrons. The van der Waals surface area contributed by atoms with Crippen molar-refractivity contribution in [2.45, 2.75) is 4.90 Å². The third kappa shape index (κ3) is 4.61. The standard InChI is InChI=1S/C25H19N5OS/c1-32-20-13-11-17(12-14-20)21-10-6-5-9-19(21)16-27-30-25-28-23(18-7-3-2-4-8-18)22(15-26)24(31)29-25/h2-14,16H,1H3,(H2,28,29,30,31). The van der Waals surface area contributed by atoms with Gasteiger partial charge < -0.3 is 0 Å². The van der Waals surface area contributed by atoms with Crippen LogP contribution in [0.3, 0.4) is 0 Å². The predicted molar refractivity (Wildman–Crippen MR) is 130 cm³/mol. The monoisotopic (exact) mass is 437 g/mol. The second kappa shape index (κ2) is 9.77. The van der Waals surface area contributed by atoms with Crippen molar-refractivity contribution in [2.24, 2.45) is 5.10 Å². The summed E-state index contributed by atoms with van der Waals surface area (Å²) >= 11 is 1.70. The van der Waals surface area contributed by atoms with Gasteiger partial charge in [-0.3, -0.25) is 9.78 Å². The van der Waals surface area contributed by atoms with Gasteiger partial charge in [0.2, 0.25) is 5.95 Å². The van der Waals surface area contributed by atoms with E-state index in [0.717, 1.165) is 16.7 Å². The second-order valence-electron chi connectivity index (χ2n) is 6.80. The van der Waals surface area contributed by atoms with Crippen molar-refractivity contribution in [3.63, 3.8) is 0 Å². The number of nitrogens with one attached hydrogen (secondary N) is 2. The van der Waals surface area contributed by atoms with Crippen molar-refractivity contribution in [1.29, 1.82) is 5.26 Å². The largest absolute Gasteiger partial charge is 0.290 e. The van der Waals surface area contributed by atoms with Gasteiger partial charge in [0.05, 0.1) is 11.9 Å². The van der Waals surface area contributed by atoms with Gasteiger partial charge in [-0.05, 0) is 29.5 Å². The number of hydrazone groups is 1. The third-order valence-corrected chi connectivity index (χ3v) is 5.56. The summed E-state index contributed by atoms with van der Waals surface area (Å²) < 4.78 is 0. The van der Waals surface area contributed by atoms with E-state index in [0.29, 0.717) is 11.3 Å². The summed E-state index contributed by atoms with van der Waals surface area (Å²) in [4.78, 5) is 20.5. The summed E-state index contributed by atoms with van der Waals surface area (Å²) in [5, 5.41) is 13.7. The highest BCUT2D eigenvalue weighted by atomic mass is 32.2. The molecule has 6 nitrogen and oxygen atoms in total. The third-order valence-electron chi connectivity index (χ3n) is 4.81. The first-order valence-electron chi connectivity index (χ1n) is 9.82. The molecule has 0 spiro atoms. The Hall–Kier alpha value is -4.15. The fourth-order valence-corrected chi connectivity index (χ4v) is 3.65. The molecule has 0 unspecified atom stereocenters. The number of aromatic amines is 1. The molecule has 2 N–H and O–H groups in total. The molecular weight excluding hydrogens is 418 g/mol. The van der Waals surface area contributed by atoms with E-state index in [2.05, 4.69) is 44.8 Å². The van der Waals surface area contributed by atoms with E-state index in [4.69, 9.17) is 0 Å². The van der Waals surface area contributed by atoms with Gasteiger partial charge in [0.15, 0.2) is 0 Å². The first-order chi connectivity index (χ1) is 15.7. The van der Waals surface area contributed by atoms with Crippen LogP contribution in [0.5, 0.6) is 0 Å². The van der Waals surface area contributed by atoms with E-state index >= 15 is 0 Å². The van der Waals surface area contributed by atoms with Crippen molar-refractivity contribution < 1.29 is 0 Å². The van der Waals surface area contributed by atoms with Crippen LogP contribution in [-0.2, 0) is 0 Å². The summed E-state index contributed by atoms with van der Waals surface area (Å²) in [6, 6.07) is 27.3. The smallest absolute Gasteiger partial charge is 0.270 e. The Morgan fingerprint density at radius 2 is 1.72 bits per heavy atom. The van der Waals surface area contributed by atoms with Crippen LogP contribution in [0.4, 0.5) is 5.95 Å². The van der Waals surface area contributed by atoms with Crippen LogP contribution in [-0.4, -0.2) is 22.4 Å². The minimum absolute atomic E-state index is 0.0373. The molecule has 1 aromatic heterocycles. The van der Waals surface area contributed by atoms with Gasteiger partial charge >= 0.3 is 0 Å². The first kappa shape index (κ1) is 21.1. The van der Waals surface area contributed by atoms with Gasteiger partial charge in [-0.1, -0.05) is 66.7 Å². The summed E-state index contributed by atoms with van der Waals surface area (Å²) in [5.74, 6) is 0.158. The average molecular weight is 438 g/mol. The SMILES string of the molecule is CSc1ccc(-c2ccccc2C=NNc2nc(-c3ccccc3)c(C#N)c(=O)[nH]2)cc1. The maximum atomic E-state index is 12.4. The van der Waals surface area contributed by atoms with Gasteiger partial charge in [-0.25, -0.2) is 10.4 Å². The molecule has 0 bridgehead atoms. The molecule has 0 aliphatic heterocycles. The zero-order valence-electron chi connectivity index (χ0n) is 17.2. The van der Waals surface area contributed by atoms with Gasteiger partial charge in [0, 0.05) is 16.0 Å². The highest BCUT2D eigenvalue weighted by Crippen LogP contribution is 2.25. The lowest BCUT2D eigenvalue weighted by atomic mass is 10.0. The summed E-state index contributed by atoms with van der Waals surface area (Å²) in [7, 11) is 0. The second-order valence-corrected chi connectivity index (χ2v) is 7.68. The molecule has 0 aliphatic carbocycles. The van der Waals surface area contributed by atoms with Gasteiger partial charge in [0.25, 0.3) is 5.56 Å². The van der Waals surface area contributed by atoms with Crippen LogP contribution in [0.15, 0.2) is 93.7 Å². The van der Waals surface area contributed by atoms with E-state index in [1.807, 2.05) is 54.8 Å². The van der Waals surface area contributed by atoms with Crippen LogP contribution >= 0.6 is 11.8 Å². The normalized spacial score (nSPS) is 10.8. The predicted octanol–water partition coefficient (Wildman–Crippen LogP) is 5.14. The maximum absolute atomic E-state index is 12.4. The molecule has 0 fully saturated rings.